The van der Waals surface area contributed by atoms with Crippen molar-refractivity contribution in [3.05, 3.63) is 29.8 Å². The van der Waals surface area contributed by atoms with E-state index in [0.717, 1.165) is 44.4 Å². The van der Waals surface area contributed by atoms with Crippen LogP contribution >= 0.6 is 0 Å². The Labute approximate surface area is 139 Å². The minimum absolute atomic E-state index is 0.291. The molecule has 0 unspecified atom stereocenters. The molecule has 2 fully saturated rings. The van der Waals surface area contributed by atoms with Crippen LogP contribution in [0.5, 0.6) is 5.75 Å². The molecule has 1 saturated carbocycles. The van der Waals surface area contributed by atoms with Gasteiger partial charge in [0.15, 0.2) is 0 Å². The third kappa shape index (κ3) is 4.25. The molecule has 3 rings (SSSR count). The van der Waals surface area contributed by atoms with Gasteiger partial charge < -0.3 is 9.64 Å². The predicted octanol–water partition coefficient (Wildman–Crippen LogP) is 2.71. The van der Waals surface area contributed by atoms with E-state index in [2.05, 4.69) is 11.0 Å². The summed E-state index contributed by atoms with van der Waals surface area (Å²) in [5.41, 5.74) is 1.17. The number of ether oxygens (including phenoxy) is 1. The van der Waals surface area contributed by atoms with Gasteiger partial charge >= 0.3 is 0 Å². The van der Waals surface area contributed by atoms with E-state index < -0.39 is 0 Å². The lowest BCUT2D eigenvalue weighted by molar-refractivity contribution is -0.133. The summed E-state index contributed by atoms with van der Waals surface area (Å²) in [5.74, 6) is 1.15. The summed E-state index contributed by atoms with van der Waals surface area (Å²) in [7, 11) is 1.67. The van der Waals surface area contributed by atoms with Crippen molar-refractivity contribution in [3.63, 3.8) is 0 Å². The molecule has 4 heteroatoms. The number of amides is 1. The number of benzene rings is 1. The maximum Gasteiger partial charge on any atom is 0.222 e. The Balaban J connectivity index is 1.44. The number of hydrogen-bond donors (Lipinski definition) is 0. The van der Waals surface area contributed by atoms with E-state index in [1.807, 2.05) is 23.1 Å². The molecule has 1 heterocycles. The van der Waals surface area contributed by atoms with Crippen LogP contribution in [0.25, 0.3) is 0 Å². The fraction of sp³-hybridized carbons (Fsp3) is 0.632. The Morgan fingerprint density at radius 2 is 1.91 bits per heavy atom. The minimum Gasteiger partial charge on any atom is -0.497 e. The molecule has 0 spiro atoms. The van der Waals surface area contributed by atoms with E-state index >= 15 is 0 Å². The van der Waals surface area contributed by atoms with Crippen LogP contribution in [-0.4, -0.2) is 55.0 Å². The standard InChI is InChI=1S/C19H28N2O2/c1-23-18-8-4-5-16(15-18)9-10-19(22)21-13-11-20(12-14-21)17-6-2-3-7-17/h4-5,8,15,17H,2-3,6-7,9-14H2,1H3. The number of hydrogen-bond acceptors (Lipinski definition) is 3. The number of piperazine rings is 1. The first-order valence-corrected chi connectivity index (χ1v) is 8.91. The highest BCUT2D eigenvalue weighted by atomic mass is 16.5. The van der Waals surface area contributed by atoms with Crippen molar-refractivity contribution < 1.29 is 9.53 Å². The average Bonchev–Trinajstić information content (AvgIpc) is 3.14. The van der Waals surface area contributed by atoms with Gasteiger partial charge in [-0.25, -0.2) is 0 Å². The molecule has 4 nitrogen and oxygen atoms in total. The molecule has 1 aromatic rings. The van der Waals surface area contributed by atoms with Gasteiger partial charge in [-0.2, -0.15) is 0 Å². The zero-order valence-electron chi connectivity index (χ0n) is 14.2. The second-order valence-corrected chi connectivity index (χ2v) is 6.71. The first-order chi connectivity index (χ1) is 11.3. The van der Waals surface area contributed by atoms with Gasteiger partial charge in [0, 0.05) is 38.6 Å². The summed E-state index contributed by atoms with van der Waals surface area (Å²) in [5, 5.41) is 0. The van der Waals surface area contributed by atoms with Crippen molar-refractivity contribution in [1.29, 1.82) is 0 Å². The van der Waals surface area contributed by atoms with Crippen LogP contribution < -0.4 is 4.74 Å². The Morgan fingerprint density at radius 3 is 2.61 bits per heavy atom. The van der Waals surface area contributed by atoms with Gasteiger partial charge in [-0.3, -0.25) is 9.69 Å². The predicted molar refractivity (Wildman–Crippen MR) is 91.7 cm³/mol. The molecule has 1 amide bonds. The topological polar surface area (TPSA) is 32.8 Å². The van der Waals surface area contributed by atoms with Crippen LogP contribution in [-0.2, 0) is 11.2 Å². The van der Waals surface area contributed by atoms with Gasteiger partial charge in [0.2, 0.25) is 5.91 Å². The first kappa shape index (κ1) is 16.3. The SMILES string of the molecule is COc1cccc(CCC(=O)N2CCN(C3CCCC3)CC2)c1. The van der Waals surface area contributed by atoms with Crippen LogP contribution in [0.4, 0.5) is 0 Å². The van der Waals surface area contributed by atoms with Gasteiger partial charge in [0.1, 0.15) is 5.75 Å². The fourth-order valence-corrected chi connectivity index (χ4v) is 3.84. The van der Waals surface area contributed by atoms with Crippen molar-refractivity contribution in [2.75, 3.05) is 33.3 Å². The van der Waals surface area contributed by atoms with Crippen LogP contribution in [0.1, 0.15) is 37.7 Å². The van der Waals surface area contributed by atoms with Crippen molar-refractivity contribution in [2.45, 2.75) is 44.6 Å². The minimum atomic E-state index is 0.291. The first-order valence-electron chi connectivity index (χ1n) is 8.91. The van der Waals surface area contributed by atoms with Gasteiger partial charge in [-0.05, 0) is 37.0 Å². The van der Waals surface area contributed by atoms with E-state index in [-0.39, 0.29) is 0 Å². The van der Waals surface area contributed by atoms with Crippen molar-refractivity contribution in [1.82, 2.24) is 9.80 Å². The molecule has 1 aliphatic heterocycles. The number of carbonyl (C=O) groups is 1. The summed E-state index contributed by atoms with van der Waals surface area (Å²) in [6.07, 6.45) is 6.84. The lowest BCUT2D eigenvalue weighted by atomic mass is 10.1. The fourth-order valence-electron chi connectivity index (χ4n) is 3.84. The lowest BCUT2D eigenvalue weighted by Crippen LogP contribution is -2.51. The molecule has 126 valence electrons. The van der Waals surface area contributed by atoms with Crippen LogP contribution in [0.3, 0.4) is 0 Å². The van der Waals surface area contributed by atoms with Crippen molar-refractivity contribution in [2.24, 2.45) is 0 Å². The molecule has 0 bridgehead atoms. The lowest BCUT2D eigenvalue weighted by Gasteiger charge is -2.38. The monoisotopic (exact) mass is 316 g/mol. The molecule has 1 saturated heterocycles. The van der Waals surface area contributed by atoms with Gasteiger partial charge in [-0.1, -0.05) is 25.0 Å². The smallest absolute Gasteiger partial charge is 0.222 e. The molecule has 2 aliphatic rings. The van der Waals surface area contributed by atoms with Crippen LogP contribution in [0, 0.1) is 0 Å². The second kappa shape index (κ2) is 7.82. The van der Waals surface area contributed by atoms with E-state index in [1.54, 1.807) is 7.11 Å². The molecule has 1 aliphatic carbocycles. The Bertz CT molecular complexity index is 518. The normalized spacial score (nSPS) is 20.0. The third-order valence-electron chi connectivity index (χ3n) is 5.27. The molecule has 1 aromatic carbocycles. The summed E-state index contributed by atoms with van der Waals surface area (Å²) in [6, 6.07) is 8.79. The highest BCUT2D eigenvalue weighted by Crippen LogP contribution is 2.24. The Hall–Kier alpha value is -1.55. The zero-order chi connectivity index (χ0) is 16.1. The molecule has 0 radical (unpaired) electrons. The molecule has 0 atom stereocenters. The molecule has 23 heavy (non-hydrogen) atoms. The second-order valence-electron chi connectivity index (χ2n) is 6.71. The number of aryl methyl sites for hydroxylation is 1. The van der Waals surface area contributed by atoms with E-state index in [0.29, 0.717) is 12.3 Å². The number of methoxy groups -OCH3 is 1. The largest absolute Gasteiger partial charge is 0.497 e. The van der Waals surface area contributed by atoms with Crippen LogP contribution in [0.15, 0.2) is 24.3 Å². The highest BCUT2D eigenvalue weighted by molar-refractivity contribution is 5.76. The Kier molecular flexibility index (Phi) is 5.55. The summed E-state index contributed by atoms with van der Waals surface area (Å²) in [6.45, 7) is 3.89. The van der Waals surface area contributed by atoms with Crippen LogP contribution in [0.2, 0.25) is 0 Å². The van der Waals surface area contributed by atoms with Gasteiger partial charge in [-0.15, -0.1) is 0 Å². The van der Waals surface area contributed by atoms with E-state index in [4.69, 9.17) is 4.74 Å². The summed E-state index contributed by atoms with van der Waals surface area (Å²) in [4.78, 5) is 17.1. The van der Waals surface area contributed by atoms with E-state index in [9.17, 15) is 4.79 Å². The quantitative estimate of drug-likeness (QED) is 0.837. The third-order valence-corrected chi connectivity index (χ3v) is 5.27. The number of carbonyl (C=O) groups excluding carboxylic acids is 1. The molecule has 0 N–H and O–H groups in total. The number of rotatable bonds is 5. The Morgan fingerprint density at radius 1 is 1.17 bits per heavy atom. The summed E-state index contributed by atoms with van der Waals surface area (Å²) >= 11 is 0. The van der Waals surface area contributed by atoms with E-state index in [1.165, 1.54) is 31.2 Å². The van der Waals surface area contributed by atoms with Crippen molar-refractivity contribution >= 4 is 5.91 Å². The molecule has 0 aromatic heterocycles. The van der Waals surface area contributed by atoms with Crippen molar-refractivity contribution in [3.8, 4) is 5.75 Å². The number of nitrogens with zero attached hydrogens (tertiary/aromatic N) is 2. The van der Waals surface area contributed by atoms with Gasteiger partial charge in [0.05, 0.1) is 7.11 Å². The van der Waals surface area contributed by atoms with Gasteiger partial charge in [0.25, 0.3) is 0 Å². The maximum atomic E-state index is 12.4. The average molecular weight is 316 g/mol. The highest BCUT2D eigenvalue weighted by Gasteiger charge is 2.27. The molecular formula is C19H28N2O2. The maximum absolute atomic E-state index is 12.4. The molecular weight excluding hydrogens is 288 g/mol. The summed E-state index contributed by atoms with van der Waals surface area (Å²) < 4.78 is 5.24. The zero-order valence-corrected chi connectivity index (χ0v) is 14.2.